The van der Waals surface area contributed by atoms with Crippen molar-refractivity contribution in [2.45, 2.75) is 18.7 Å². The maximum Gasteiger partial charge on any atom is 0.415 e. The Bertz CT molecular complexity index is 125. The Kier molecular flexibility index (Phi) is 2.46. The predicted octanol–water partition coefficient (Wildman–Crippen LogP) is 0.823. The highest BCUT2D eigenvalue weighted by Crippen LogP contribution is 2.21. The van der Waals surface area contributed by atoms with E-state index >= 15 is 0 Å². The molecule has 0 radical (unpaired) electrons. The van der Waals surface area contributed by atoms with E-state index in [0.717, 1.165) is 0 Å². The first kappa shape index (κ1) is 8.24. The molecule has 0 amide bonds. The largest absolute Gasteiger partial charge is 0.415 e. The van der Waals surface area contributed by atoms with Gasteiger partial charge in [-0.1, -0.05) is 0 Å². The molecule has 0 fully saturated rings. The highest BCUT2D eigenvalue weighted by molar-refractivity contribution is 4.79. The summed E-state index contributed by atoms with van der Waals surface area (Å²) in [5.74, 6) is 0. The topological polar surface area (TPSA) is 44.0 Å². The summed E-state index contributed by atoms with van der Waals surface area (Å²) in [6, 6.07) is 1.20. The first-order chi connectivity index (χ1) is 3.98. The van der Waals surface area contributed by atoms with Gasteiger partial charge in [-0.05, 0) is 0 Å². The van der Waals surface area contributed by atoms with E-state index in [-0.39, 0.29) is 0 Å². The molecule has 0 rings (SSSR count). The molecule has 0 aromatic rings. The van der Waals surface area contributed by atoms with Crippen LogP contribution in [-0.2, 0) is 0 Å². The van der Waals surface area contributed by atoms with E-state index in [9.17, 15) is 13.2 Å². The quantitative estimate of drug-likeness (QED) is 0.584. The first-order valence-electron chi connectivity index (χ1n) is 2.10. The molecule has 5 heteroatoms. The number of hydrogen-bond donors (Lipinski definition) is 1. The standard InChI is InChI=1S/C4H4F3NO/c5-4(6,7)3(9)1-2-8/h3,9H,1H2/t3-/m1/s1. The van der Waals surface area contributed by atoms with Crippen LogP contribution in [0.15, 0.2) is 0 Å². The Labute approximate surface area is 49.5 Å². The van der Waals surface area contributed by atoms with Crippen molar-refractivity contribution < 1.29 is 18.3 Å². The number of aliphatic hydroxyl groups excluding tert-OH is 1. The Hall–Kier alpha value is -0.760. The van der Waals surface area contributed by atoms with Gasteiger partial charge >= 0.3 is 6.18 Å². The minimum atomic E-state index is -4.66. The third kappa shape index (κ3) is 2.93. The molecule has 1 atom stereocenters. The molecule has 1 N–H and O–H groups in total. The number of alkyl halides is 3. The zero-order valence-electron chi connectivity index (χ0n) is 4.31. The maximum absolute atomic E-state index is 11.2. The van der Waals surface area contributed by atoms with Crippen molar-refractivity contribution in [3.63, 3.8) is 0 Å². The fourth-order valence-corrected chi connectivity index (χ4v) is 0.202. The predicted molar refractivity (Wildman–Crippen MR) is 22.3 cm³/mol. The summed E-state index contributed by atoms with van der Waals surface area (Å²) >= 11 is 0. The van der Waals surface area contributed by atoms with Crippen molar-refractivity contribution in [2.75, 3.05) is 0 Å². The Morgan fingerprint density at radius 2 is 2.00 bits per heavy atom. The summed E-state index contributed by atoms with van der Waals surface area (Å²) in [7, 11) is 0. The lowest BCUT2D eigenvalue weighted by Gasteiger charge is -2.09. The molecular weight excluding hydrogens is 135 g/mol. The van der Waals surface area contributed by atoms with E-state index in [0.29, 0.717) is 0 Å². The van der Waals surface area contributed by atoms with Gasteiger partial charge in [0.05, 0.1) is 12.5 Å². The lowest BCUT2D eigenvalue weighted by atomic mass is 10.3. The Morgan fingerprint density at radius 3 is 2.11 bits per heavy atom. The van der Waals surface area contributed by atoms with Gasteiger partial charge in [-0.2, -0.15) is 18.4 Å². The van der Waals surface area contributed by atoms with Crippen LogP contribution in [0.2, 0.25) is 0 Å². The van der Waals surface area contributed by atoms with Crippen LogP contribution in [0, 0.1) is 11.3 Å². The van der Waals surface area contributed by atoms with Crippen LogP contribution in [0.1, 0.15) is 6.42 Å². The van der Waals surface area contributed by atoms with Gasteiger partial charge in [-0.15, -0.1) is 0 Å². The average Bonchev–Trinajstić information content (AvgIpc) is 1.64. The van der Waals surface area contributed by atoms with Crippen molar-refractivity contribution >= 4 is 0 Å². The van der Waals surface area contributed by atoms with E-state index in [4.69, 9.17) is 10.4 Å². The molecule has 0 aromatic carbocycles. The second kappa shape index (κ2) is 2.69. The van der Waals surface area contributed by atoms with Gasteiger partial charge in [0.1, 0.15) is 0 Å². The summed E-state index contributed by atoms with van der Waals surface area (Å²) in [5.41, 5.74) is 0. The summed E-state index contributed by atoms with van der Waals surface area (Å²) in [6.45, 7) is 0. The molecule has 0 saturated heterocycles. The maximum atomic E-state index is 11.2. The second-order valence-corrected chi connectivity index (χ2v) is 1.42. The molecular formula is C4H4F3NO. The highest BCUT2D eigenvalue weighted by atomic mass is 19.4. The molecule has 0 aliphatic rings. The van der Waals surface area contributed by atoms with Crippen LogP contribution >= 0.6 is 0 Å². The van der Waals surface area contributed by atoms with Gasteiger partial charge < -0.3 is 5.11 Å². The summed E-state index contributed by atoms with van der Waals surface area (Å²) in [6.07, 6.45) is -8.05. The van der Waals surface area contributed by atoms with Gasteiger partial charge in [0.25, 0.3) is 0 Å². The number of nitrogens with zero attached hydrogens (tertiary/aromatic N) is 1. The van der Waals surface area contributed by atoms with E-state index < -0.39 is 18.7 Å². The lowest BCUT2D eigenvalue weighted by molar-refractivity contribution is -0.201. The number of aliphatic hydroxyl groups is 1. The highest BCUT2D eigenvalue weighted by Gasteiger charge is 2.37. The molecule has 2 nitrogen and oxygen atoms in total. The van der Waals surface area contributed by atoms with Gasteiger partial charge in [0.2, 0.25) is 0 Å². The molecule has 0 aromatic heterocycles. The normalized spacial score (nSPS) is 14.6. The van der Waals surface area contributed by atoms with Crippen molar-refractivity contribution in [1.82, 2.24) is 0 Å². The van der Waals surface area contributed by atoms with Gasteiger partial charge in [0.15, 0.2) is 6.10 Å². The van der Waals surface area contributed by atoms with E-state index in [1.807, 2.05) is 0 Å². The van der Waals surface area contributed by atoms with Crippen molar-refractivity contribution in [3.8, 4) is 6.07 Å². The third-order valence-corrected chi connectivity index (χ3v) is 0.662. The molecule has 0 bridgehead atoms. The zero-order valence-corrected chi connectivity index (χ0v) is 4.31. The smallest absolute Gasteiger partial charge is 0.383 e. The van der Waals surface area contributed by atoms with E-state index in [1.54, 1.807) is 0 Å². The van der Waals surface area contributed by atoms with Gasteiger partial charge in [-0.25, -0.2) is 0 Å². The summed E-state index contributed by atoms with van der Waals surface area (Å²) < 4.78 is 33.7. The van der Waals surface area contributed by atoms with Crippen molar-refractivity contribution in [2.24, 2.45) is 0 Å². The number of rotatable bonds is 1. The number of nitriles is 1. The summed E-state index contributed by atoms with van der Waals surface area (Å²) in [4.78, 5) is 0. The SMILES string of the molecule is N#CC[C@@H](O)C(F)(F)F. The number of halogens is 3. The van der Waals surface area contributed by atoms with Gasteiger partial charge in [-0.3, -0.25) is 0 Å². The lowest BCUT2D eigenvalue weighted by Crippen LogP contribution is -2.27. The molecule has 0 spiro atoms. The van der Waals surface area contributed by atoms with Crippen LogP contribution in [0.25, 0.3) is 0 Å². The molecule has 0 aliphatic carbocycles. The second-order valence-electron chi connectivity index (χ2n) is 1.42. The third-order valence-electron chi connectivity index (χ3n) is 0.662. The van der Waals surface area contributed by atoms with Crippen LogP contribution in [0.4, 0.5) is 13.2 Å². The van der Waals surface area contributed by atoms with Crippen LogP contribution in [0.3, 0.4) is 0 Å². The van der Waals surface area contributed by atoms with Crippen molar-refractivity contribution in [1.29, 1.82) is 5.26 Å². The van der Waals surface area contributed by atoms with E-state index in [2.05, 4.69) is 0 Å². The van der Waals surface area contributed by atoms with E-state index in [1.165, 1.54) is 6.07 Å². The molecule has 52 valence electrons. The van der Waals surface area contributed by atoms with Gasteiger partial charge in [0, 0.05) is 0 Å². The van der Waals surface area contributed by atoms with Crippen LogP contribution < -0.4 is 0 Å². The molecule has 0 heterocycles. The zero-order chi connectivity index (χ0) is 7.49. The van der Waals surface area contributed by atoms with Crippen molar-refractivity contribution in [3.05, 3.63) is 0 Å². The minimum absolute atomic E-state index is 0.899. The molecule has 0 saturated carbocycles. The average molecular weight is 139 g/mol. The number of hydrogen-bond acceptors (Lipinski definition) is 2. The molecule has 0 aliphatic heterocycles. The molecule has 0 unspecified atom stereocenters. The summed E-state index contributed by atoms with van der Waals surface area (Å²) in [5, 5.41) is 15.7. The Morgan fingerprint density at radius 1 is 1.56 bits per heavy atom. The fraction of sp³-hybridized carbons (Fsp3) is 0.750. The Balaban J connectivity index is 3.76. The monoisotopic (exact) mass is 139 g/mol. The first-order valence-corrected chi connectivity index (χ1v) is 2.10. The van der Waals surface area contributed by atoms with Crippen LogP contribution in [0.5, 0.6) is 0 Å². The van der Waals surface area contributed by atoms with Crippen LogP contribution in [-0.4, -0.2) is 17.4 Å². The molecule has 9 heavy (non-hydrogen) atoms. The minimum Gasteiger partial charge on any atom is -0.383 e. The fourth-order valence-electron chi connectivity index (χ4n) is 0.202.